The van der Waals surface area contributed by atoms with Crippen molar-refractivity contribution in [3.63, 3.8) is 0 Å². The average Bonchev–Trinajstić information content (AvgIpc) is 2.69. The van der Waals surface area contributed by atoms with E-state index in [0.717, 1.165) is 17.8 Å². The largest absolute Gasteiger partial charge is 0.0622 e. The molecule has 11 heavy (non-hydrogen) atoms. The van der Waals surface area contributed by atoms with Crippen LogP contribution in [0.1, 0.15) is 39.0 Å². The quantitative estimate of drug-likeness (QED) is 0.498. The van der Waals surface area contributed by atoms with Gasteiger partial charge >= 0.3 is 0 Å². The Bertz CT molecular complexity index is 165. The smallest absolute Gasteiger partial charge is 0.0354 e. The van der Waals surface area contributed by atoms with Crippen molar-refractivity contribution in [1.82, 2.24) is 0 Å². The molecule has 0 aromatic rings. The van der Waals surface area contributed by atoms with E-state index < -0.39 is 0 Å². The van der Waals surface area contributed by atoms with Gasteiger partial charge in [-0.1, -0.05) is 6.92 Å². The molecule has 4 aliphatic rings. The standard InChI is InChI=1S/C11H18/c1-7-4-9-3-2-8(7)5-10-6-11(9)10/h7-11H,2-6H2,1H3. The Kier molecular flexibility index (Phi) is 1.20. The van der Waals surface area contributed by atoms with E-state index in [4.69, 9.17) is 0 Å². The van der Waals surface area contributed by atoms with Crippen LogP contribution in [0.2, 0.25) is 0 Å². The van der Waals surface area contributed by atoms with E-state index in [2.05, 4.69) is 6.92 Å². The number of hydrogen-bond acceptors (Lipinski definition) is 0. The molecule has 4 aliphatic carbocycles. The number of hydrogen-bond donors (Lipinski definition) is 0. The Hall–Kier alpha value is 0. The molecule has 4 rings (SSSR count). The summed E-state index contributed by atoms with van der Waals surface area (Å²) in [5.41, 5.74) is 0. The van der Waals surface area contributed by atoms with Crippen LogP contribution in [0, 0.1) is 29.6 Å². The number of rotatable bonds is 0. The molecule has 0 heterocycles. The molecule has 0 N–H and O–H groups in total. The molecule has 0 aliphatic heterocycles. The van der Waals surface area contributed by atoms with Gasteiger partial charge in [0, 0.05) is 0 Å². The molecule has 2 bridgehead atoms. The van der Waals surface area contributed by atoms with Crippen molar-refractivity contribution in [3.8, 4) is 0 Å². The summed E-state index contributed by atoms with van der Waals surface area (Å²) in [5.74, 6) is 5.75. The van der Waals surface area contributed by atoms with Crippen LogP contribution in [0.25, 0.3) is 0 Å². The van der Waals surface area contributed by atoms with Crippen molar-refractivity contribution in [3.05, 3.63) is 0 Å². The number of fused-ring (bicyclic) bond motifs is 2. The Morgan fingerprint density at radius 2 is 1.64 bits per heavy atom. The molecule has 0 spiro atoms. The average molecular weight is 150 g/mol. The van der Waals surface area contributed by atoms with E-state index in [9.17, 15) is 0 Å². The van der Waals surface area contributed by atoms with Gasteiger partial charge in [0.05, 0.1) is 0 Å². The molecular formula is C11H18. The monoisotopic (exact) mass is 150 g/mol. The molecule has 5 atom stereocenters. The van der Waals surface area contributed by atoms with Crippen molar-refractivity contribution < 1.29 is 0 Å². The molecule has 0 radical (unpaired) electrons. The predicted molar refractivity (Wildman–Crippen MR) is 46.2 cm³/mol. The van der Waals surface area contributed by atoms with Gasteiger partial charge in [-0.15, -0.1) is 0 Å². The summed E-state index contributed by atoms with van der Waals surface area (Å²) in [4.78, 5) is 0. The maximum absolute atomic E-state index is 2.49. The minimum atomic E-state index is 1.07. The topological polar surface area (TPSA) is 0 Å². The Morgan fingerprint density at radius 1 is 0.818 bits per heavy atom. The van der Waals surface area contributed by atoms with Gasteiger partial charge in [0.1, 0.15) is 0 Å². The van der Waals surface area contributed by atoms with Gasteiger partial charge in [0.2, 0.25) is 0 Å². The lowest BCUT2D eigenvalue weighted by atomic mass is 9.75. The van der Waals surface area contributed by atoms with E-state index in [1.165, 1.54) is 11.8 Å². The molecule has 0 saturated heterocycles. The van der Waals surface area contributed by atoms with Crippen LogP contribution in [0.5, 0.6) is 0 Å². The van der Waals surface area contributed by atoms with Crippen molar-refractivity contribution in [2.45, 2.75) is 39.0 Å². The molecule has 0 aromatic heterocycles. The minimum absolute atomic E-state index is 1.07. The molecule has 0 nitrogen and oxygen atoms in total. The third-order valence-electron chi connectivity index (χ3n) is 4.58. The Labute approximate surface area is 69.4 Å². The molecular weight excluding hydrogens is 132 g/mol. The third kappa shape index (κ3) is 0.878. The summed E-state index contributed by atoms with van der Waals surface area (Å²) < 4.78 is 0. The second-order valence-electron chi connectivity index (χ2n) is 5.21. The first-order chi connectivity index (χ1) is 5.34. The van der Waals surface area contributed by atoms with E-state index in [0.29, 0.717) is 0 Å². The van der Waals surface area contributed by atoms with Crippen LogP contribution < -0.4 is 0 Å². The summed E-state index contributed by atoms with van der Waals surface area (Å²) in [5, 5.41) is 0. The lowest BCUT2D eigenvalue weighted by Crippen LogP contribution is -2.20. The van der Waals surface area contributed by atoms with Gasteiger partial charge in [0.15, 0.2) is 0 Å². The van der Waals surface area contributed by atoms with Crippen molar-refractivity contribution in [2.75, 3.05) is 0 Å². The zero-order chi connectivity index (χ0) is 7.42. The maximum Gasteiger partial charge on any atom is -0.0354 e. The van der Waals surface area contributed by atoms with E-state index in [1.54, 1.807) is 32.1 Å². The molecule has 5 unspecified atom stereocenters. The molecule has 62 valence electrons. The fourth-order valence-electron chi connectivity index (χ4n) is 3.75. The van der Waals surface area contributed by atoms with Gasteiger partial charge in [-0.25, -0.2) is 0 Å². The highest BCUT2D eigenvalue weighted by molar-refractivity contribution is 4.99. The predicted octanol–water partition coefficient (Wildman–Crippen LogP) is 3.08. The Morgan fingerprint density at radius 3 is 2.45 bits per heavy atom. The highest BCUT2D eigenvalue weighted by Gasteiger charge is 2.49. The van der Waals surface area contributed by atoms with Gasteiger partial charge in [-0.2, -0.15) is 0 Å². The zero-order valence-electron chi connectivity index (χ0n) is 7.42. The first-order valence-corrected chi connectivity index (χ1v) is 5.34. The van der Waals surface area contributed by atoms with Crippen molar-refractivity contribution >= 4 is 0 Å². The van der Waals surface area contributed by atoms with Gasteiger partial charge in [0.25, 0.3) is 0 Å². The van der Waals surface area contributed by atoms with Crippen LogP contribution in [0.15, 0.2) is 0 Å². The summed E-state index contributed by atoms with van der Waals surface area (Å²) >= 11 is 0. The van der Waals surface area contributed by atoms with Crippen LogP contribution >= 0.6 is 0 Å². The van der Waals surface area contributed by atoms with Crippen molar-refractivity contribution in [1.29, 1.82) is 0 Å². The van der Waals surface area contributed by atoms with Crippen LogP contribution in [-0.2, 0) is 0 Å². The normalized spacial score (nSPS) is 60.3. The molecule has 4 fully saturated rings. The van der Waals surface area contributed by atoms with E-state index in [1.807, 2.05) is 0 Å². The van der Waals surface area contributed by atoms with Gasteiger partial charge < -0.3 is 0 Å². The molecule has 0 amide bonds. The lowest BCUT2D eigenvalue weighted by Gasteiger charge is -2.31. The maximum atomic E-state index is 2.49. The minimum Gasteiger partial charge on any atom is -0.0622 e. The van der Waals surface area contributed by atoms with Crippen LogP contribution in [0.4, 0.5) is 0 Å². The highest BCUT2D eigenvalue weighted by atomic mass is 14.5. The fourth-order valence-corrected chi connectivity index (χ4v) is 3.75. The van der Waals surface area contributed by atoms with Crippen LogP contribution in [-0.4, -0.2) is 0 Å². The third-order valence-corrected chi connectivity index (χ3v) is 4.58. The summed E-state index contributed by atoms with van der Waals surface area (Å²) in [6.07, 6.45) is 7.93. The second-order valence-corrected chi connectivity index (χ2v) is 5.21. The fraction of sp³-hybridized carbons (Fsp3) is 1.00. The van der Waals surface area contributed by atoms with E-state index >= 15 is 0 Å². The lowest BCUT2D eigenvalue weighted by molar-refractivity contribution is 0.198. The first kappa shape index (κ1) is 6.51. The Balaban J connectivity index is 1.87. The molecule has 0 aromatic carbocycles. The SMILES string of the molecule is CC1CC2CCC1CC1CC21. The van der Waals surface area contributed by atoms with Crippen LogP contribution in [0.3, 0.4) is 0 Å². The second kappa shape index (κ2) is 2.02. The summed E-state index contributed by atoms with van der Waals surface area (Å²) in [6.45, 7) is 2.49. The molecule has 4 saturated carbocycles. The molecule has 0 heteroatoms. The summed E-state index contributed by atoms with van der Waals surface area (Å²) in [7, 11) is 0. The summed E-state index contributed by atoms with van der Waals surface area (Å²) in [6, 6.07) is 0. The van der Waals surface area contributed by atoms with Gasteiger partial charge in [-0.3, -0.25) is 0 Å². The highest BCUT2D eigenvalue weighted by Crippen LogP contribution is 2.59. The van der Waals surface area contributed by atoms with E-state index in [-0.39, 0.29) is 0 Å². The van der Waals surface area contributed by atoms with Crippen molar-refractivity contribution in [2.24, 2.45) is 29.6 Å². The first-order valence-electron chi connectivity index (χ1n) is 5.34. The zero-order valence-corrected chi connectivity index (χ0v) is 7.42. The van der Waals surface area contributed by atoms with Gasteiger partial charge in [-0.05, 0) is 61.7 Å².